The first-order valence-corrected chi connectivity index (χ1v) is 12.1. The van der Waals surface area contributed by atoms with Crippen LogP contribution in [-0.4, -0.2) is 34.1 Å². The molecule has 1 aromatic heterocycles. The van der Waals surface area contributed by atoms with Gasteiger partial charge in [0, 0.05) is 47.1 Å². The van der Waals surface area contributed by atoms with E-state index >= 15 is 0 Å². The Balaban J connectivity index is 1.33. The highest BCUT2D eigenvalue weighted by atomic mass is 32.2. The number of rotatable bonds is 7. The first-order valence-electron chi connectivity index (χ1n) is 9.25. The Hall–Kier alpha value is -2.17. The number of nitrogens with one attached hydrogen (secondary N) is 2. The van der Waals surface area contributed by atoms with Gasteiger partial charge in [-0.15, -0.1) is 11.3 Å². The van der Waals surface area contributed by atoms with E-state index in [0.29, 0.717) is 28.2 Å². The van der Waals surface area contributed by atoms with Gasteiger partial charge in [0.05, 0.1) is 10.7 Å². The van der Waals surface area contributed by atoms with E-state index in [1.165, 1.54) is 39.9 Å². The average molecular weight is 448 g/mol. The molecule has 2 aromatic rings. The van der Waals surface area contributed by atoms with Crippen LogP contribution in [0.4, 0.5) is 15.6 Å². The molecule has 4 rings (SSSR count). The highest BCUT2D eigenvalue weighted by molar-refractivity contribution is 8.01. The van der Waals surface area contributed by atoms with Crippen LogP contribution in [0.25, 0.3) is 0 Å². The number of aromatic nitrogens is 1. The molecule has 2 heterocycles. The molecule has 1 aliphatic heterocycles. The third-order valence-electron chi connectivity index (χ3n) is 4.66. The molecule has 0 bridgehead atoms. The molecule has 4 N–H and O–H groups in total. The number of hydrogen-bond acceptors (Lipinski definition) is 8. The second-order valence-corrected chi connectivity index (χ2v) is 9.54. The summed E-state index contributed by atoms with van der Waals surface area (Å²) in [6, 6.07) is 5.87. The van der Waals surface area contributed by atoms with E-state index in [1.807, 2.05) is 11.4 Å². The quantitative estimate of drug-likeness (QED) is 0.440. The number of imide groups is 1. The standard InChI is InChI=1S/C19H21N5O2S3/c20-18-22-15(11-28-18)10-27-7-6-24-17(25)9-16(29-23-19(24)26)21-14-5-4-12-2-1-3-13(12)8-14/h4-5,8-9,11,21H,1-3,6-7,10H2,(H2,20,22)(H,23,26). The van der Waals surface area contributed by atoms with Crippen LogP contribution in [0.3, 0.4) is 0 Å². The van der Waals surface area contributed by atoms with E-state index < -0.39 is 6.03 Å². The highest BCUT2D eigenvalue weighted by Crippen LogP contribution is 2.27. The summed E-state index contributed by atoms with van der Waals surface area (Å²) in [5.41, 5.74) is 10.2. The van der Waals surface area contributed by atoms with Gasteiger partial charge >= 0.3 is 6.03 Å². The molecule has 3 amide bonds. The minimum Gasteiger partial charge on any atom is -0.375 e. The Morgan fingerprint density at radius 2 is 2.14 bits per heavy atom. The third kappa shape index (κ3) is 5.06. The van der Waals surface area contributed by atoms with Crippen molar-refractivity contribution in [1.82, 2.24) is 14.6 Å². The lowest BCUT2D eigenvalue weighted by Crippen LogP contribution is -2.40. The van der Waals surface area contributed by atoms with Crippen molar-refractivity contribution in [1.29, 1.82) is 0 Å². The normalized spacial score (nSPS) is 16.3. The second-order valence-electron chi connectivity index (χ2n) is 6.70. The molecule has 0 radical (unpaired) electrons. The van der Waals surface area contributed by atoms with E-state index in [4.69, 9.17) is 5.73 Å². The van der Waals surface area contributed by atoms with E-state index in [2.05, 4.69) is 27.2 Å². The molecule has 0 spiro atoms. The van der Waals surface area contributed by atoms with Gasteiger partial charge in [0.1, 0.15) is 0 Å². The van der Waals surface area contributed by atoms with Crippen molar-refractivity contribution in [2.45, 2.75) is 25.0 Å². The van der Waals surface area contributed by atoms with Crippen LogP contribution in [0.15, 0.2) is 34.7 Å². The summed E-state index contributed by atoms with van der Waals surface area (Å²) in [5.74, 6) is 1.00. The Labute approximate surface area is 181 Å². The summed E-state index contributed by atoms with van der Waals surface area (Å²) < 4.78 is 2.73. The summed E-state index contributed by atoms with van der Waals surface area (Å²) >= 11 is 4.14. The maximum absolute atomic E-state index is 12.6. The Kier molecular flexibility index (Phi) is 6.31. The summed E-state index contributed by atoms with van der Waals surface area (Å²) in [4.78, 5) is 30.3. The number of nitrogens with two attached hydrogens (primary N) is 1. The predicted octanol–water partition coefficient (Wildman–Crippen LogP) is 3.60. The molecule has 152 valence electrons. The molecule has 0 fully saturated rings. The lowest BCUT2D eigenvalue weighted by Gasteiger charge is -2.16. The minimum absolute atomic E-state index is 0.324. The molecule has 1 aromatic carbocycles. The highest BCUT2D eigenvalue weighted by Gasteiger charge is 2.24. The molecule has 2 aliphatic rings. The zero-order chi connectivity index (χ0) is 20.2. The fraction of sp³-hybridized carbons (Fsp3) is 0.316. The first kappa shape index (κ1) is 20.1. The minimum atomic E-state index is -0.402. The van der Waals surface area contributed by atoms with Crippen molar-refractivity contribution in [3.8, 4) is 0 Å². The van der Waals surface area contributed by atoms with E-state index in [9.17, 15) is 9.59 Å². The van der Waals surface area contributed by atoms with Gasteiger partial charge in [-0.25, -0.2) is 9.78 Å². The summed E-state index contributed by atoms with van der Waals surface area (Å²) in [7, 11) is 0. The van der Waals surface area contributed by atoms with Crippen molar-refractivity contribution >= 4 is 57.8 Å². The van der Waals surface area contributed by atoms with E-state index in [0.717, 1.165) is 36.2 Å². The van der Waals surface area contributed by atoms with Gasteiger partial charge in [0.25, 0.3) is 5.91 Å². The topological polar surface area (TPSA) is 100 Å². The van der Waals surface area contributed by atoms with Crippen molar-refractivity contribution < 1.29 is 9.59 Å². The number of urea groups is 1. The summed E-state index contributed by atoms with van der Waals surface area (Å²) in [5, 5.41) is 6.33. The zero-order valence-electron chi connectivity index (χ0n) is 15.6. The molecule has 0 saturated heterocycles. The third-order valence-corrected chi connectivity index (χ3v) is 7.07. The van der Waals surface area contributed by atoms with E-state index in [1.54, 1.807) is 11.8 Å². The van der Waals surface area contributed by atoms with Gasteiger partial charge in [-0.3, -0.25) is 14.4 Å². The van der Waals surface area contributed by atoms with Crippen molar-refractivity contribution in [3.63, 3.8) is 0 Å². The van der Waals surface area contributed by atoms with Crippen molar-refractivity contribution in [2.75, 3.05) is 23.3 Å². The number of aryl methyl sites for hydroxylation is 2. The molecule has 0 atom stereocenters. The second kappa shape index (κ2) is 9.10. The molecule has 1 aliphatic carbocycles. The van der Waals surface area contributed by atoms with Crippen LogP contribution >= 0.6 is 35.0 Å². The van der Waals surface area contributed by atoms with Crippen LogP contribution in [0.2, 0.25) is 0 Å². The van der Waals surface area contributed by atoms with Gasteiger partial charge in [0.15, 0.2) is 5.13 Å². The number of carbonyl (C=O) groups excluding carboxylic acids is 2. The number of anilines is 2. The number of amides is 3. The maximum atomic E-state index is 12.6. The maximum Gasteiger partial charge on any atom is 0.334 e. The number of carbonyl (C=O) groups is 2. The van der Waals surface area contributed by atoms with Crippen LogP contribution < -0.4 is 15.8 Å². The molecule has 29 heavy (non-hydrogen) atoms. The fourth-order valence-electron chi connectivity index (χ4n) is 3.26. The average Bonchev–Trinajstić information content (AvgIpc) is 3.31. The Morgan fingerprint density at radius 1 is 1.28 bits per heavy atom. The molecule has 7 nitrogen and oxygen atoms in total. The molecular weight excluding hydrogens is 426 g/mol. The number of fused-ring (bicyclic) bond motifs is 1. The Bertz CT molecular complexity index is 959. The first-order chi connectivity index (χ1) is 14.1. The smallest absolute Gasteiger partial charge is 0.334 e. The number of nitrogen functional groups attached to an aromatic ring is 1. The Morgan fingerprint density at radius 3 is 2.97 bits per heavy atom. The van der Waals surface area contributed by atoms with Gasteiger partial charge in [-0.2, -0.15) is 11.8 Å². The number of nitrogens with zero attached hydrogens (tertiary/aromatic N) is 2. The largest absolute Gasteiger partial charge is 0.375 e. The fourth-order valence-corrected chi connectivity index (χ4v) is 5.38. The van der Waals surface area contributed by atoms with Crippen LogP contribution in [0.5, 0.6) is 0 Å². The molecular formula is C19H21N5O2S3. The lowest BCUT2D eigenvalue weighted by atomic mass is 10.1. The number of thioether (sulfide) groups is 1. The van der Waals surface area contributed by atoms with Gasteiger partial charge in [-0.1, -0.05) is 6.07 Å². The van der Waals surface area contributed by atoms with Crippen molar-refractivity contribution in [3.05, 3.63) is 51.5 Å². The molecule has 10 heteroatoms. The number of thiazole rings is 1. The van der Waals surface area contributed by atoms with Crippen LogP contribution in [-0.2, 0) is 23.4 Å². The number of hydrogen-bond donors (Lipinski definition) is 3. The van der Waals surface area contributed by atoms with Gasteiger partial charge in [-0.05, 0) is 42.5 Å². The van der Waals surface area contributed by atoms with Crippen LogP contribution in [0.1, 0.15) is 23.2 Å². The lowest BCUT2D eigenvalue weighted by molar-refractivity contribution is -0.122. The van der Waals surface area contributed by atoms with Crippen molar-refractivity contribution in [2.24, 2.45) is 0 Å². The van der Waals surface area contributed by atoms with E-state index in [-0.39, 0.29) is 5.91 Å². The summed E-state index contributed by atoms with van der Waals surface area (Å²) in [6.07, 6.45) is 4.88. The van der Waals surface area contributed by atoms with Gasteiger partial charge in [0.2, 0.25) is 0 Å². The SMILES string of the molecule is Nc1nc(CSCCN2C(=O)C=C(Nc3ccc4c(c3)CCC4)SNC2=O)cs1. The number of benzene rings is 1. The zero-order valence-corrected chi connectivity index (χ0v) is 18.1. The predicted molar refractivity (Wildman–Crippen MR) is 121 cm³/mol. The van der Waals surface area contributed by atoms with Crippen LogP contribution in [0, 0.1) is 0 Å². The molecule has 0 saturated carbocycles. The summed E-state index contributed by atoms with van der Waals surface area (Å²) in [6.45, 7) is 0.331. The monoisotopic (exact) mass is 447 g/mol. The molecule has 0 unspecified atom stereocenters. The van der Waals surface area contributed by atoms with Gasteiger partial charge < -0.3 is 11.1 Å².